The average Bonchev–Trinajstić information content (AvgIpc) is 3.58. The number of rotatable bonds is 4. The van der Waals surface area contributed by atoms with Crippen LogP contribution >= 0.6 is 11.6 Å². The van der Waals surface area contributed by atoms with Gasteiger partial charge >= 0.3 is 5.69 Å². The SMILES string of the molecule is C#CC1(Nc2nc(=O)n(-c3ccccc3Cl)c3cc(C4CC4)ccc23)CC1. The van der Waals surface area contributed by atoms with Crippen LogP contribution in [0.1, 0.15) is 37.2 Å². The van der Waals surface area contributed by atoms with E-state index in [1.165, 1.54) is 18.4 Å². The molecule has 0 amide bonds. The van der Waals surface area contributed by atoms with Crippen molar-refractivity contribution in [1.82, 2.24) is 9.55 Å². The van der Waals surface area contributed by atoms with E-state index in [0.29, 0.717) is 22.4 Å². The van der Waals surface area contributed by atoms with Gasteiger partial charge in [-0.3, -0.25) is 4.57 Å². The molecule has 0 spiro atoms. The van der Waals surface area contributed by atoms with Crippen LogP contribution < -0.4 is 11.0 Å². The third-order valence-corrected chi connectivity index (χ3v) is 5.76. The van der Waals surface area contributed by atoms with Gasteiger partial charge in [0.1, 0.15) is 5.82 Å². The number of aromatic nitrogens is 2. The van der Waals surface area contributed by atoms with E-state index in [4.69, 9.17) is 18.0 Å². The van der Waals surface area contributed by atoms with Gasteiger partial charge in [0.25, 0.3) is 0 Å². The van der Waals surface area contributed by atoms with E-state index < -0.39 is 0 Å². The summed E-state index contributed by atoms with van der Waals surface area (Å²) in [5.74, 6) is 3.93. The summed E-state index contributed by atoms with van der Waals surface area (Å²) in [6.45, 7) is 0. The van der Waals surface area contributed by atoms with Gasteiger partial charge in [-0.25, -0.2) is 4.79 Å². The maximum Gasteiger partial charge on any atom is 0.354 e. The standard InChI is InChI=1S/C22H18ClN3O/c1-2-22(11-12-22)25-20-16-10-9-15(14-7-8-14)13-19(16)26(21(27)24-20)18-6-4-3-5-17(18)23/h1,3-6,9-10,13-14H,7-8,11-12H2,(H,24,25,27). The van der Waals surface area contributed by atoms with E-state index in [2.05, 4.69) is 28.4 Å². The fourth-order valence-electron chi connectivity index (χ4n) is 3.53. The number of nitrogens with one attached hydrogen (secondary N) is 1. The number of halogens is 1. The molecule has 134 valence electrons. The first-order valence-corrected chi connectivity index (χ1v) is 9.56. The Morgan fingerprint density at radius 3 is 2.67 bits per heavy atom. The summed E-state index contributed by atoms with van der Waals surface area (Å²) in [5.41, 5.74) is 1.96. The molecule has 2 aliphatic rings. The summed E-state index contributed by atoms with van der Waals surface area (Å²) < 4.78 is 1.60. The van der Waals surface area contributed by atoms with Crippen molar-refractivity contribution in [2.24, 2.45) is 0 Å². The summed E-state index contributed by atoms with van der Waals surface area (Å²) in [6, 6.07) is 13.6. The zero-order chi connectivity index (χ0) is 18.6. The predicted octanol–water partition coefficient (Wildman–Crippen LogP) is 4.49. The molecule has 2 aromatic carbocycles. The summed E-state index contributed by atoms with van der Waals surface area (Å²) in [4.78, 5) is 17.3. The molecule has 0 saturated heterocycles. The normalized spacial score (nSPS) is 17.5. The minimum Gasteiger partial charge on any atom is -0.353 e. The fourth-order valence-corrected chi connectivity index (χ4v) is 3.75. The van der Waals surface area contributed by atoms with E-state index in [9.17, 15) is 4.79 Å². The first-order chi connectivity index (χ1) is 13.1. The first kappa shape index (κ1) is 16.4. The lowest BCUT2D eigenvalue weighted by molar-refractivity contribution is 0.915. The van der Waals surface area contributed by atoms with E-state index in [1.807, 2.05) is 24.3 Å². The molecule has 5 heteroatoms. The van der Waals surface area contributed by atoms with Crippen molar-refractivity contribution >= 4 is 28.3 Å². The Labute approximate surface area is 162 Å². The largest absolute Gasteiger partial charge is 0.354 e. The molecule has 27 heavy (non-hydrogen) atoms. The van der Waals surface area contributed by atoms with Crippen molar-refractivity contribution < 1.29 is 0 Å². The van der Waals surface area contributed by atoms with Crippen LogP contribution in [0.5, 0.6) is 0 Å². The van der Waals surface area contributed by atoms with Gasteiger partial charge in [-0.1, -0.05) is 35.7 Å². The molecule has 0 radical (unpaired) electrons. The molecule has 0 atom stereocenters. The third kappa shape index (κ3) is 2.79. The van der Waals surface area contributed by atoms with Crippen LogP contribution in [-0.2, 0) is 0 Å². The number of nitrogens with zero attached hydrogens (tertiary/aromatic N) is 2. The van der Waals surface area contributed by atoms with Gasteiger partial charge in [0.2, 0.25) is 0 Å². The molecule has 1 aromatic heterocycles. The van der Waals surface area contributed by atoms with Crippen LogP contribution in [0.2, 0.25) is 5.02 Å². The van der Waals surface area contributed by atoms with Gasteiger partial charge in [0.05, 0.1) is 21.8 Å². The average molecular weight is 376 g/mol. The quantitative estimate of drug-likeness (QED) is 0.683. The lowest BCUT2D eigenvalue weighted by Gasteiger charge is -2.18. The van der Waals surface area contributed by atoms with Crippen LogP contribution in [-0.4, -0.2) is 15.1 Å². The number of anilines is 1. The minimum absolute atomic E-state index is 0.362. The summed E-state index contributed by atoms with van der Waals surface area (Å²) in [5, 5.41) is 4.72. The van der Waals surface area contributed by atoms with Crippen molar-refractivity contribution in [3.63, 3.8) is 0 Å². The second kappa shape index (κ2) is 5.87. The molecule has 2 fully saturated rings. The van der Waals surface area contributed by atoms with Gasteiger partial charge < -0.3 is 5.32 Å². The van der Waals surface area contributed by atoms with Gasteiger partial charge in [-0.2, -0.15) is 4.98 Å². The number of hydrogen-bond acceptors (Lipinski definition) is 3. The molecule has 2 aliphatic carbocycles. The second-order valence-electron chi connectivity index (χ2n) is 7.43. The van der Waals surface area contributed by atoms with Crippen LogP contribution in [0, 0.1) is 12.3 Å². The Balaban J connectivity index is 1.78. The molecule has 1 heterocycles. The topological polar surface area (TPSA) is 46.9 Å². The van der Waals surface area contributed by atoms with E-state index in [0.717, 1.165) is 23.7 Å². The molecule has 0 unspecified atom stereocenters. The molecule has 0 aliphatic heterocycles. The monoisotopic (exact) mass is 375 g/mol. The molecular formula is C22H18ClN3O. The van der Waals surface area contributed by atoms with E-state index in [-0.39, 0.29) is 11.2 Å². The third-order valence-electron chi connectivity index (χ3n) is 5.44. The van der Waals surface area contributed by atoms with Crippen molar-refractivity contribution in [2.45, 2.75) is 37.1 Å². The molecule has 0 bridgehead atoms. The van der Waals surface area contributed by atoms with Crippen LogP contribution in [0.3, 0.4) is 0 Å². The lowest BCUT2D eigenvalue weighted by atomic mass is 10.1. The fraction of sp³-hybridized carbons (Fsp3) is 0.273. The van der Waals surface area contributed by atoms with Gasteiger partial charge in [0, 0.05) is 5.39 Å². The summed E-state index contributed by atoms with van der Waals surface area (Å²) >= 11 is 6.39. The second-order valence-corrected chi connectivity index (χ2v) is 7.84. The zero-order valence-corrected chi connectivity index (χ0v) is 15.5. The van der Waals surface area contributed by atoms with E-state index in [1.54, 1.807) is 10.6 Å². The van der Waals surface area contributed by atoms with Crippen LogP contribution in [0.4, 0.5) is 5.82 Å². The van der Waals surface area contributed by atoms with Crippen molar-refractivity contribution in [2.75, 3.05) is 5.32 Å². The van der Waals surface area contributed by atoms with E-state index >= 15 is 0 Å². The highest BCUT2D eigenvalue weighted by atomic mass is 35.5. The van der Waals surface area contributed by atoms with Crippen molar-refractivity contribution in [1.29, 1.82) is 0 Å². The highest BCUT2D eigenvalue weighted by molar-refractivity contribution is 6.32. The highest BCUT2D eigenvalue weighted by Crippen LogP contribution is 2.42. The molecular weight excluding hydrogens is 358 g/mol. The zero-order valence-electron chi connectivity index (χ0n) is 14.7. The Kier molecular flexibility index (Phi) is 3.57. The maximum absolute atomic E-state index is 13.0. The summed E-state index contributed by atoms with van der Waals surface area (Å²) in [6.07, 6.45) is 9.83. The lowest BCUT2D eigenvalue weighted by Crippen LogP contribution is -2.27. The smallest absolute Gasteiger partial charge is 0.353 e. The number of benzene rings is 2. The number of fused-ring (bicyclic) bond motifs is 1. The predicted molar refractivity (Wildman–Crippen MR) is 109 cm³/mol. The number of hydrogen-bond donors (Lipinski definition) is 1. The first-order valence-electron chi connectivity index (χ1n) is 9.18. The van der Waals surface area contributed by atoms with Crippen molar-refractivity contribution in [3.05, 3.63) is 63.5 Å². The number of para-hydroxylation sites is 1. The van der Waals surface area contributed by atoms with Crippen LogP contribution in [0.25, 0.3) is 16.6 Å². The minimum atomic E-state index is -0.377. The molecule has 3 aromatic rings. The van der Waals surface area contributed by atoms with Crippen molar-refractivity contribution in [3.8, 4) is 18.0 Å². The molecule has 1 N–H and O–H groups in total. The Bertz CT molecular complexity index is 1170. The van der Waals surface area contributed by atoms with Crippen LogP contribution in [0.15, 0.2) is 47.3 Å². The Morgan fingerprint density at radius 1 is 1.22 bits per heavy atom. The molecule has 2 saturated carbocycles. The molecule has 4 nitrogen and oxygen atoms in total. The van der Waals surface area contributed by atoms with Gasteiger partial charge in [-0.15, -0.1) is 6.42 Å². The van der Waals surface area contributed by atoms with Gasteiger partial charge in [-0.05, 0) is 61.4 Å². The Hall–Kier alpha value is -2.77. The summed E-state index contributed by atoms with van der Waals surface area (Å²) in [7, 11) is 0. The maximum atomic E-state index is 13.0. The number of terminal acetylenes is 1. The molecule has 5 rings (SSSR count). The Morgan fingerprint density at radius 2 is 2.00 bits per heavy atom. The van der Waals surface area contributed by atoms with Gasteiger partial charge in [0.15, 0.2) is 0 Å². The highest BCUT2D eigenvalue weighted by Gasteiger charge is 2.41.